The lowest BCUT2D eigenvalue weighted by molar-refractivity contribution is -0.0992. The molecule has 7 nitrogen and oxygen atoms in total. The lowest BCUT2D eigenvalue weighted by atomic mass is 10.1. The van der Waals surface area contributed by atoms with E-state index in [9.17, 15) is 18.4 Å². The van der Waals surface area contributed by atoms with Crippen molar-refractivity contribution >= 4 is 5.91 Å². The molecule has 1 N–H and O–H groups in total. The fraction of sp³-hybridized carbons (Fsp3) is 0.333. The quantitative estimate of drug-likeness (QED) is 0.566. The van der Waals surface area contributed by atoms with Gasteiger partial charge in [0.1, 0.15) is 29.5 Å². The summed E-state index contributed by atoms with van der Waals surface area (Å²) in [5.74, 6) is -2.04. The van der Waals surface area contributed by atoms with Gasteiger partial charge in [0, 0.05) is 37.0 Å². The molecule has 0 bridgehead atoms. The van der Waals surface area contributed by atoms with E-state index in [0.717, 1.165) is 17.7 Å². The van der Waals surface area contributed by atoms with Crippen molar-refractivity contribution in [2.75, 3.05) is 6.61 Å². The highest BCUT2D eigenvalue weighted by atomic mass is 19.1. The first-order valence-electron chi connectivity index (χ1n) is 11.8. The van der Waals surface area contributed by atoms with Crippen molar-refractivity contribution in [3.8, 4) is 5.75 Å². The maximum Gasteiger partial charge on any atom is 0.257 e. The van der Waals surface area contributed by atoms with E-state index in [1.165, 1.54) is 12.3 Å². The summed E-state index contributed by atoms with van der Waals surface area (Å²) in [6.45, 7) is 5.42. The topological polar surface area (TPSA) is 72.8 Å². The number of fused-ring (bicyclic) bond motifs is 2. The maximum atomic E-state index is 14.0. The number of nitrogens with one attached hydrogen (secondary N) is 1. The number of hydrogen-bond acceptors (Lipinski definition) is 5. The molecule has 9 heteroatoms. The van der Waals surface area contributed by atoms with E-state index in [2.05, 4.69) is 17.1 Å². The van der Waals surface area contributed by atoms with Gasteiger partial charge < -0.3 is 19.4 Å². The molecule has 1 fully saturated rings. The number of nitrogens with zero attached hydrogens (tertiary/aromatic N) is 2. The Labute approximate surface area is 207 Å². The van der Waals surface area contributed by atoms with Crippen LogP contribution < -0.4 is 15.5 Å². The monoisotopic (exact) mass is 495 g/mol. The fourth-order valence-corrected chi connectivity index (χ4v) is 4.83. The fourth-order valence-electron chi connectivity index (χ4n) is 4.83. The summed E-state index contributed by atoms with van der Waals surface area (Å²) < 4.78 is 41.2. The van der Waals surface area contributed by atoms with Crippen LogP contribution in [0, 0.1) is 11.6 Å². The summed E-state index contributed by atoms with van der Waals surface area (Å²) >= 11 is 0. The number of pyridine rings is 1. The third kappa shape index (κ3) is 4.52. The van der Waals surface area contributed by atoms with Gasteiger partial charge in [-0.05, 0) is 25.5 Å². The molecule has 188 valence electrons. The molecule has 1 aromatic heterocycles. The number of aromatic nitrogens is 1. The zero-order chi connectivity index (χ0) is 25.4. The molecule has 2 atom stereocenters. The molecule has 5 rings (SSSR count). The van der Waals surface area contributed by atoms with Crippen molar-refractivity contribution in [1.29, 1.82) is 0 Å². The molecule has 0 spiro atoms. The molecule has 2 aliphatic rings. The van der Waals surface area contributed by atoms with E-state index in [1.54, 1.807) is 0 Å². The van der Waals surface area contributed by atoms with Crippen molar-refractivity contribution in [2.45, 2.75) is 51.9 Å². The molecule has 0 unspecified atom stereocenters. The highest BCUT2D eigenvalue weighted by Gasteiger charge is 2.46. The van der Waals surface area contributed by atoms with Crippen molar-refractivity contribution < 1.29 is 23.0 Å². The Morgan fingerprint density at radius 3 is 2.75 bits per heavy atom. The number of rotatable bonds is 6. The molecule has 2 aliphatic heterocycles. The van der Waals surface area contributed by atoms with Crippen LogP contribution in [0.4, 0.5) is 8.78 Å². The summed E-state index contributed by atoms with van der Waals surface area (Å²) in [4.78, 5) is 28.8. The van der Waals surface area contributed by atoms with Gasteiger partial charge in [-0.1, -0.05) is 36.4 Å². The molecule has 0 aliphatic carbocycles. The van der Waals surface area contributed by atoms with Gasteiger partial charge in [-0.2, -0.15) is 0 Å². The van der Waals surface area contributed by atoms with Crippen molar-refractivity contribution in [2.24, 2.45) is 0 Å². The molecule has 1 amide bonds. The second-order valence-electron chi connectivity index (χ2n) is 9.43. The van der Waals surface area contributed by atoms with Gasteiger partial charge >= 0.3 is 0 Å². The highest BCUT2D eigenvalue weighted by molar-refractivity contribution is 5.94. The number of amides is 1. The Morgan fingerprint density at radius 2 is 2.00 bits per heavy atom. The second kappa shape index (κ2) is 9.48. The summed E-state index contributed by atoms with van der Waals surface area (Å²) in [6.07, 6.45) is 1.51. The van der Waals surface area contributed by atoms with Crippen molar-refractivity contribution in [1.82, 2.24) is 14.8 Å². The predicted molar refractivity (Wildman–Crippen MR) is 128 cm³/mol. The molecule has 2 aromatic carbocycles. The number of benzene rings is 2. The third-order valence-electron chi connectivity index (χ3n) is 6.83. The molecule has 0 saturated carbocycles. The standard InChI is InChI=1S/C27H27F2N3O4/c1-17-14-36-27(2)16-31-12-21(26(34)30-11-19-8-9-20(28)10-22(19)29)24(33)25(23(31)13-32(17)27)35-15-18-6-4-3-5-7-18/h3-10,12,17H,11,13-16H2,1-2H3,(H,30,34)/t17-,27+/m0/s1. The number of hydrogen-bond donors (Lipinski definition) is 1. The average molecular weight is 496 g/mol. The minimum atomic E-state index is -0.773. The van der Waals surface area contributed by atoms with E-state index in [-0.39, 0.29) is 36.1 Å². The average Bonchev–Trinajstić information content (AvgIpc) is 3.15. The molecular formula is C27H27F2N3O4. The Kier molecular flexibility index (Phi) is 6.36. The number of ether oxygens (including phenoxy) is 2. The van der Waals surface area contributed by atoms with Crippen LogP contribution in [0.1, 0.15) is 41.0 Å². The summed E-state index contributed by atoms with van der Waals surface area (Å²) in [5, 5.41) is 2.58. The van der Waals surface area contributed by atoms with Gasteiger partial charge in [-0.3, -0.25) is 14.5 Å². The van der Waals surface area contributed by atoms with Gasteiger partial charge in [0.15, 0.2) is 5.75 Å². The van der Waals surface area contributed by atoms with Crippen LogP contribution >= 0.6 is 0 Å². The third-order valence-corrected chi connectivity index (χ3v) is 6.83. The molecular weight excluding hydrogens is 468 g/mol. The Balaban J connectivity index is 1.48. The van der Waals surface area contributed by atoms with E-state index in [0.29, 0.717) is 25.4 Å². The number of halogens is 2. The summed E-state index contributed by atoms with van der Waals surface area (Å²) in [7, 11) is 0. The van der Waals surface area contributed by atoms with Crippen LogP contribution in [0.3, 0.4) is 0 Å². The summed E-state index contributed by atoms with van der Waals surface area (Å²) in [6, 6.07) is 12.7. The normalized spacial score (nSPS) is 21.1. The lowest BCUT2D eigenvalue weighted by Gasteiger charge is -2.42. The van der Waals surface area contributed by atoms with Crippen LogP contribution in [0.2, 0.25) is 0 Å². The van der Waals surface area contributed by atoms with E-state index in [4.69, 9.17) is 9.47 Å². The van der Waals surface area contributed by atoms with Crippen LogP contribution in [0.15, 0.2) is 59.5 Å². The molecule has 3 heterocycles. The van der Waals surface area contributed by atoms with Crippen LogP contribution in [0.25, 0.3) is 0 Å². The largest absolute Gasteiger partial charge is 0.483 e. The zero-order valence-electron chi connectivity index (χ0n) is 20.1. The first-order chi connectivity index (χ1) is 17.2. The number of carbonyl (C=O) groups excluding carboxylic acids is 1. The van der Waals surface area contributed by atoms with Crippen LogP contribution in [-0.4, -0.2) is 33.7 Å². The number of carbonyl (C=O) groups is 1. The lowest BCUT2D eigenvalue weighted by Crippen LogP contribution is -2.52. The van der Waals surface area contributed by atoms with Crippen LogP contribution in [0.5, 0.6) is 5.75 Å². The van der Waals surface area contributed by atoms with E-state index in [1.807, 2.05) is 41.8 Å². The molecule has 36 heavy (non-hydrogen) atoms. The SMILES string of the molecule is C[C@H]1CO[C@]2(C)Cn3cc(C(=O)NCc4ccc(F)cc4F)c(=O)c(OCc4ccccc4)c3CN12. The van der Waals surface area contributed by atoms with Gasteiger partial charge in [-0.15, -0.1) is 0 Å². The second-order valence-corrected chi connectivity index (χ2v) is 9.43. The minimum absolute atomic E-state index is 0.111. The first kappa shape index (κ1) is 24.1. The van der Waals surface area contributed by atoms with Gasteiger partial charge in [0.25, 0.3) is 5.91 Å². The van der Waals surface area contributed by atoms with Crippen molar-refractivity contribution in [3.05, 3.63) is 99.0 Å². The minimum Gasteiger partial charge on any atom is -0.483 e. The smallest absolute Gasteiger partial charge is 0.257 e. The first-order valence-corrected chi connectivity index (χ1v) is 11.8. The summed E-state index contributed by atoms with van der Waals surface area (Å²) in [5.41, 5.74) is 0.434. The Hall–Kier alpha value is -3.56. The van der Waals surface area contributed by atoms with E-state index < -0.39 is 28.7 Å². The molecule has 1 saturated heterocycles. The van der Waals surface area contributed by atoms with Gasteiger partial charge in [0.05, 0.1) is 18.8 Å². The molecule has 3 aromatic rings. The maximum absolute atomic E-state index is 14.0. The van der Waals surface area contributed by atoms with Gasteiger partial charge in [0.2, 0.25) is 5.43 Å². The van der Waals surface area contributed by atoms with Gasteiger partial charge in [-0.25, -0.2) is 8.78 Å². The van der Waals surface area contributed by atoms with E-state index >= 15 is 0 Å². The predicted octanol–water partition coefficient (Wildman–Crippen LogP) is 3.59. The van der Waals surface area contributed by atoms with Crippen molar-refractivity contribution in [3.63, 3.8) is 0 Å². The molecule has 0 radical (unpaired) electrons. The Bertz CT molecular complexity index is 1360. The zero-order valence-corrected chi connectivity index (χ0v) is 20.1. The Morgan fingerprint density at radius 1 is 1.22 bits per heavy atom. The highest BCUT2D eigenvalue weighted by Crippen LogP contribution is 2.37. The van der Waals surface area contributed by atoms with Crippen LogP contribution in [-0.2, 0) is 31.0 Å².